The third kappa shape index (κ3) is 22.6. The van der Waals surface area contributed by atoms with E-state index >= 15 is 0 Å². The lowest BCUT2D eigenvalue weighted by Crippen LogP contribution is -2.33. The number of Topliss-reactive ketones (excluding diaryl/α,β-unsaturated/α-hetero) is 1. The number of ether oxygens (including phenoxy) is 2. The van der Waals surface area contributed by atoms with Crippen molar-refractivity contribution in [2.24, 2.45) is 5.41 Å². The Bertz CT molecular complexity index is 709. The molecule has 0 bridgehead atoms. The molecule has 0 spiro atoms. The van der Waals surface area contributed by atoms with E-state index in [9.17, 15) is 23.8 Å². The summed E-state index contributed by atoms with van der Waals surface area (Å²) in [6.07, 6.45) is 12.2. The second kappa shape index (κ2) is 21.5. The van der Waals surface area contributed by atoms with E-state index in [0.717, 1.165) is 19.3 Å². The lowest BCUT2D eigenvalue weighted by Gasteiger charge is -2.19. The highest BCUT2D eigenvalue weighted by atomic mass is 31.2. The van der Waals surface area contributed by atoms with E-state index in [0.29, 0.717) is 0 Å². The van der Waals surface area contributed by atoms with Gasteiger partial charge in [0.15, 0.2) is 11.9 Å². The van der Waals surface area contributed by atoms with Crippen molar-refractivity contribution >= 4 is 25.5 Å². The molecule has 0 aliphatic heterocycles. The summed E-state index contributed by atoms with van der Waals surface area (Å²) in [6, 6.07) is 0. The zero-order chi connectivity index (χ0) is 28.9. The minimum Gasteiger partial charge on any atom is -0.462 e. The number of ketones is 1. The zero-order valence-corrected chi connectivity index (χ0v) is 25.2. The molecule has 11 heteroatoms. The first kappa shape index (κ1) is 36.7. The molecule has 0 aromatic rings. The maximum absolute atomic E-state index is 12.1. The predicted molar refractivity (Wildman–Crippen MR) is 147 cm³/mol. The normalized spacial score (nSPS) is 14.1. The largest absolute Gasteiger partial charge is 0.472 e. The van der Waals surface area contributed by atoms with Gasteiger partial charge in [-0.1, -0.05) is 91.9 Å². The van der Waals surface area contributed by atoms with Crippen LogP contribution in [-0.2, 0) is 37.5 Å². The second-order valence-electron chi connectivity index (χ2n) is 10.6. The van der Waals surface area contributed by atoms with Gasteiger partial charge in [-0.2, -0.15) is 0 Å². The molecule has 0 aromatic carbocycles. The number of rotatable bonds is 24. The van der Waals surface area contributed by atoms with Crippen molar-refractivity contribution in [2.75, 3.05) is 32.9 Å². The summed E-state index contributed by atoms with van der Waals surface area (Å²) >= 11 is 0. The third-order valence-electron chi connectivity index (χ3n) is 5.83. The van der Waals surface area contributed by atoms with Gasteiger partial charge in [0.25, 0.3) is 0 Å². The summed E-state index contributed by atoms with van der Waals surface area (Å²) in [5.41, 5.74) is -0.481. The van der Waals surface area contributed by atoms with E-state index in [1.165, 1.54) is 58.3 Å². The van der Waals surface area contributed by atoms with Crippen molar-refractivity contribution in [1.29, 1.82) is 0 Å². The maximum atomic E-state index is 12.1. The number of phosphoric ester groups is 1. The Balaban J connectivity index is 4.09. The molecular formula is C27H52NO9P. The first-order chi connectivity index (χ1) is 17.9. The number of carbonyl (C=O) groups is 3. The summed E-state index contributed by atoms with van der Waals surface area (Å²) in [4.78, 5) is 45.1. The maximum Gasteiger partial charge on any atom is 0.472 e. The molecule has 0 aliphatic carbocycles. The van der Waals surface area contributed by atoms with Crippen LogP contribution in [0.4, 0.5) is 0 Å². The topological polar surface area (TPSA) is 137 Å². The quantitative estimate of drug-likeness (QED) is 0.0876. The molecule has 0 amide bonds. The van der Waals surface area contributed by atoms with Gasteiger partial charge in [0.05, 0.1) is 19.8 Å². The predicted octanol–water partition coefficient (Wildman–Crippen LogP) is 5.50. The fourth-order valence-corrected chi connectivity index (χ4v) is 4.21. The van der Waals surface area contributed by atoms with E-state index in [-0.39, 0.29) is 38.5 Å². The van der Waals surface area contributed by atoms with Crippen LogP contribution in [0.15, 0.2) is 0 Å². The van der Waals surface area contributed by atoms with Crippen LogP contribution in [0.5, 0.6) is 0 Å². The standard InChI is InChI=1S/C27H52NO9P/c1-6-7-8-9-10-11-12-13-14-15-16-17-26(31)34-21-24(37-23(2)29)22-36-38(32,33)35-19-18-28-20-25(30)27(3,4)5/h24,28H,6-22H2,1-5H3,(H,32,33). The molecule has 0 saturated carbocycles. The lowest BCUT2D eigenvalue weighted by atomic mass is 9.91. The minimum atomic E-state index is -4.43. The molecular weight excluding hydrogens is 513 g/mol. The second-order valence-corrected chi connectivity index (χ2v) is 12.1. The van der Waals surface area contributed by atoms with Crippen molar-refractivity contribution in [2.45, 2.75) is 118 Å². The van der Waals surface area contributed by atoms with Gasteiger partial charge in [0, 0.05) is 25.3 Å². The Morgan fingerprint density at radius 1 is 0.868 bits per heavy atom. The van der Waals surface area contributed by atoms with Crippen molar-refractivity contribution in [1.82, 2.24) is 5.32 Å². The monoisotopic (exact) mass is 565 g/mol. The molecule has 0 aromatic heterocycles. The Kier molecular flexibility index (Phi) is 20.7. The van der Waals surface area contributed by atoms with Gasteiger partial charge in [0.1, 0.15) is 6.61 Å². The number of unbranched alkanes of at least 4 members (excludes halogenated alkanes) is 10. The molecule has 2 atom stereocenters. The number of esters is 2. The van der Waals surface area contributed by atoms with Crippen LogP contribution in [0.25, 0.3) is 0 Å². The van der Waals surface area contributed by atoms with Crippen molar-refractivity contribution < 1.29 is 42.4 Å². The zero-order valence-electron chi connectivity index (χ0n) is 24.3. The molecule has 0 heterocycles. The molecule has 38 heavy (non-hydrogen) atoms. The molecule has 0 rings (SSSR count). The molecule has 0 aliphatic rings. The van der Waals surface area contributed by atoms with Gasteiger partial charge in [-0.05, 0) is 6.42 Å². The average molecular weight is 566 g/mol. The highest BCUT2D eigenvalue weighted by Gasteiger charge is 2.26. The summed E-state index contributed by atoms with van der Waals surface area (Å²) in [5.74, 6) is -1.05. The van der Waals surface area contributed by atoms with Gasteiger partial charge < -0.3 is 19.7 Å². The number of phosphoric acid groups is 1. The van der Waals surface area contributed by atoms with Crippen LogP contribution in [-0.4, -0.2) is 61.6 Å². The Labute approximate surface area is 229 Å². The van der Waals surface area contributed by atoms with E-state index < -0.39 is 37.9 Å². The SMILES string of the molecule is CCCCCCCCCCCCCC(=O)OCC(COP(=O)(O)OCCNCC(=O)C(C)(C)C)OC(C)=O. The lowest BCUT2D eigenvalue weighted by molar-refractivity contribution is -0.159. The summed E-state index contributed by atoms with van der Waals surface area (Å²) < 4.78 is 32.1. The Hall–Kier alpha value is -1.32. The van der Waals surface area contributed by atoms with E-state index in [1.54, 1.807) is 20.8 Å². The van der Waals surface area contributed by atoms with E-state index in [1.807, 2.05) is 0 Å². The number of nitrogens with one attached hydrogen (secondary N) is 1. The fraction of sp³-hybridized carbons (Fsp3) is 0.889. The van der Waals surface area contributed by atoms with Crippen LogP contribution >= 0.6 is 7.82 Å². The first-order valence-corrected chi connectivity index (χ1v) is 15.6. The van der Waals surface area contributed by atoms with Gasteiger partial charge in [-0.3, -0.25) is 23.4 Å². The highest BCUT2D eigenvalue weighted by molar-refractivity contribution is 7.47. The van der Waals surface area contributed by atoms with E-state index in [4.69, 9.17) is 18.5 Å². The van der Waals surface area contributed by atoms with Gasteiger partial charge in [-0.25, -0.2) is 4.57 Å². The van der Waals surface area contributed by atoms with Crippen LogP contribution in [0.2, 0.25) is 0 Å². The van der Waals surface area contributed by atoms with Gasteiger partial charge >= 0.3 is 19.8 Å². The molecule has 224 valence electrons. The highest BCUT2D eigenvalue weighted by Crippen LogP contribution is 2.43. The van der Waals surface area contributed by atoms with Crippen LogP contribution in [0.1, 0.15) is 112 Å². The fourth-order valence-electron chi connectivity index (χ4n) is 3.46. The number of carbonyl (C=O) groups excluding carboxylic acids is 3. The van der Waals surface area contributed by atoms with Crippen LogP contribution in [0, 0.1) is 5.41 Å². The molecule has 2 unspecified atom stereocenters. The summed E-state index contributed by atoms with van der Waals surface area (Å²) in [7, 11) is -4.43. The van der Waals surface area contributed by atoms with Gasteiger partial charge in [0.2, 0.25) is 0 Å². The summed E-state index contributed by atoms with van der Waals surface area (Å²) in [6.45, 7) is 8.16. The van der Waals surface area contributed by atoms with Gasteiger partial charge in [-0.15, -0.1) is 0 Å². The third-order valence-corrected chi connectivity index (χ3v) is 6.81. The molecule has 0 fully saturated rings. The van der Waals surface area contributed by atoms with Crippen LogP contribution in [0.3, 0.4) is 0 Å². The summed E-state index contributed by atoms with van der Waals surface area (Å²) in [5, 5.41) is 2.84. The molecule has 10 nitrogen and oxygen atoms in total. The molecule has 0 radical (unpaired) electrons. The first-order valence-electron chi connectivity index (χ1n) is 14.1. The Morgan fingerprint density at radius 3 is 1.95 bits per heavy atom. The molecule has 2 N–H and O–H groups in total. The van der Waals surface area contributed by atoms with Crippen molar-refractivity contribution in [3.8, 4) is 0 Å². The van der Waals surface area contributed by atoms with E-state index in [2.05, 4.69) is 12.2 Å². The number of hydrogen-bond donors (Lipinski definition) is 2. The van der Waals surface area contributed by atoms with Crippen molar-refractivity contribution in [3.63, 3.8) is 0 Å². The Morgan fingerprint density at radius 2 is 1.42 bits per heavy atom. The van der Waals surface area contributed by atoms with Crippen LogP contribution < -0.4 is 5.32 Å². The van der Waals surface area contributed by atoms with Crippen molar-refractivity contribution in [3.05, 3.63) is 0 Å². The smallest absolute Gasteiger partial charge is 0.462 e. The average Bonchev–Trinajstić information content (AvgIpc) is 2.83. The molecule has 0 saturated heterocycles. The number of hydrogen-bond acceptors (Lipinski definition) is 9. The minimum absolute atomic E-state index is 0.00296.